The Balaban J connectivity index is 2.33. The summed E-state index contributed by atoms with van der Waals surface area (Å²) in [4.78, 5) is 1.32. The van der Waals surface area contributed by atoms with Gasteiger partial charge in [0, 0.05) is 4.88 Å². The van der Waals surface area contributed by atoms with Gasteiger partial charge in [0.1, 0.15) is 0 Å². The number of rotatable bonds is 4. The summed E-state index contributed by atoms with van der Waals surface area (Å²) in [5, 5.41) is 6.66. The maximum Gasteiger partial charge on any atom is 0.0854 e. The first-order valence-corrected chi connectivity index (χ1v) is 6.50. The maximum absolute atomic E-state index is 6.07. The highest BCUT2D eigenvalue weighted by Crippen LogP contribution is 2.20. The molecule has 0 spiro atoms. The lowest BCUT2D eigenvalue weighted by Gasteiger charge is -2.04. The topological polar surface area (TPSA) is 43.8 Å². The molecule has 0 aliphatic carbocycles. The Hall–Kier alpha value is -1.29. The summed E-state index contributed by atoms with van der Waals surface area (Å²) >= 11 is 1.76. The lowest BCUT2D eigenvalue weighted by molar-refractivity contribution is 0.647. The SMILES string of the molecule is CCc1nn(Cc2cccs2)c(CC)c1N. The molecule has 4 heteroatoms. The molecule has 0 radical (unpaired) electrons. The standard InChI is InChI=1S/C12H17N3S/c1-3-10-12(13)11(4-2)15(14-10)8-9-6-5-7-16-9/h5-7H,3-4,8,13H2,1-2H3. The van der Waals surface area contributed by atoms with Crippen LogP contribution in [0.15, 0.2) is 17.5 Å². The van der Waals surface area contributed by atoms with E-state index >= 15 is 0 Å². The summed E-state index contributed by atoms with van der Waals surface area (Å²) < 4.78 is 2.04. The molecule has 0 bridgehead atoms. The van der Waals surface area contributed by atoms with Gasteiger partial charge in [0.15, 0.2) is 0 Å². The van der Waals surface area contributed by atoms with E-state index in [2.05, 4.69) is 36.5 Å². The fourth-order valence-corrected chi connectivity index (χ4v) is 2.57. The second-order valence-electron chi connectivity index (χ2n) is 3.75. The molecule has 0 saturated heterocycles. The third kappa shape index (κ3) is 1.97. The molecule has 0 aliphatic heterocycles. The first-order valence-electron chi connectivity index (χ1n) is 5.62. The average molecular weight is 235 g/mol. The van der Waals surface area contributed by atoms with Crippen molar-refractivity contribution in [3.8, 4) is 0 Å². The first kappa shape index (κ1) is 11.2. The summed E-state index contributed by atoms with van der Waals surface area (Å²) in [7, 11) is 0. The Labute approximate surface area is 99.9 Å². The van der Waals surface area contributed by atoms with Crippen LogP contribution in [-0.4, -0.2) is 9.78 Å². The number of aromatic nitrogens is 2. The van der Waals surface area contributed by atoms with Crippen molar-refractivity contribution in [2.45, 2.75) is 33.2 Å². The van der Waals surface area contributed by atoms with Crippen molar-refractivity contribution in [3.05, 3.63) is 33.8 Å². The number of aryl methyl sites for hydroxylation is 1. The van der Waals surface area contributed by atoms with E-state index in [9.17, 15) is 0 Å². The lowest BCUT2D eigenvalue weighted by atomic mass is 10.2. The molecule has 2 rings (SSSR count). The van der Waals surface area contributed by atoms with Gasteiger partial charge >= 0.3 is 0 Å². The highest BCUT2D eigenvalue weighted by Gasteiger charge is 2.12. The predicted molar refractivity (Wildman–Crippen MR) is 68.8 cm³/mol. The second-order valence-corrected chi connectivity index (χ2v) is 4.78. The molecule has 86 valence electrons. The van der Waals surface area contributed by atoms with Crippen LogP contribution >= 0.6 is 11.3 Å². The van der Waals surface area contributed by atoms with Gasteiger partial charge in [-0.05, 0) is 24.3 Å². The van der Waals surface area contributed by atoms with E-state index in [-0.39, 0.29) is 0 Å². The van der Waals surface area contributed by atoms with Crippen molar-refractivity contribution in [1.82, 2.24) is 9.78 Å². The monoisotopic (exact) mass is 235 g/mol. The molecule has 0 aromatic carbocycles. The summed E-state index contributed by atoms with van der Waals surface area (Å²) in [5.74, 6) is 0. The maximum atomic E-state index is 6.07. The van der Waals surface area contributed by atoms with Crippen LogP contribution in [0.5, 0.6) is 0 Å². The fraction of sp³-hybridized carbons (Fsp3) is 0.417. The summed E-state index contributed by atoms with van der Waals surface area (Å²) in [6.07, 6.45) is 1.83. The Morgan fingerprint density at radius 1 is 1.38 bits per heavy atom. The normalized spacial score (nSPS) is 10.9. The molecule has 0 atom stereocenters. The van der Waals surface area contributed by atoms with Gasteiger partial charge in [-0.3, -0.25) is 4.68 Å². The smallest absolute Gasteiger partial charge is 0.0854 e. The molecule has 0 fully saturated rings. The van der Waals surface area contributed by atoms with Crippen LogP contribution in [0, 0.1) is 0 Å². The minimum atomic E-state index is 0.838. The van der Waals surface area contributed by atoms with E-state index in [1.807, 2.05) is 4.68 Å². The van der Waals surface area contributed by atoms with E-state index < -0.39 is 0 Å². The largest absolute Gasteiger partial charge is 0.396 e. The van der Waals surface area contributed by atoms with Crippen LogP contribution in [0.1, 0.15) is 30.1 Å². The molecule has 2 N–H and O–H groups in total. The number of nitrogens with two attached hydrogens (primary N) is 1. The highest BCUT2D eigenvalue weighted by atomic mass is 32.1. The Bertz CT molecular complexity index is 457. The van der Waals surface area contributed by atoms with Gasteiger partial charge < -0.3 is 5.73 Å². The minimum Gasteiger partial charge on any atom is -0.396 e. The minimum absolute atomic E-state index is 0.838. The third-order valence-electron chi connectivity index (χ3n) is 2.73. The van der Waals surface area contributed by atoms with Crippen LogP contribution < -0.4 is 5.73 Å². The van der Waals surface area contributed by atoms with E-state index in [0.717, 1.165) is 36.5 Å². The summed E-state index contributed by atoms with van der Waals surface area (Å²) in [5.41, 5.74) is 9.13. The zero-order valence-electron chi connectivity index (χ0n) is 9.73. The van der Waals surface area contributed by atoms with Gasteiger partial charge in [-0.25, -0.2) is 0 Å². The molecule has 0 amide bonds. The van der Waals surface area contributed by atoms with Gasteiger partial charge in [0.25, 0.3) is 0 Å². The number of hydrogen-bond donors (Lipinski definition) is 1. The van der Waals surface area contributed by atoms with Crippen LogP contribution in [0.2, 0.25) is 0 Å². The molecule has 2 aromatic rings. The fourth-order valence-electron chi connectivity index (χ4n) is 1.88. The van der Waals surface area contributed by atoms with Crippen LogP contribution in [0.25, 0.3) is 0 Å². The molecule has 16 heavy (non-hydrogen) atoms. The highest BCUT2D eigenvalue weighted by molar-refractivity contribution is 7.09. The molecule has 3 nitrogen and oxygen atoms in total. The molecular formula is C12H17N3S. The number of thiophene rings is 1. The number of nitrogens with zero attached hydrogens (tertiary/aromatic N) is 2. The summed E-state index contributed by atoms with van der Waals surface area (Å²) in [6.45, 7) is 5.05. The molecule has 0 saturated carbocycles. The molecule has 2 aromatic heterocycles. The third-order valence-corrected chi connectivity index (χ3v) is 3.59. The van der Waals surface area contributed by atoms with Gasteiger partial charge in [-0.2, -0.15) is 5.10 Å². The van der Waals surface area contributed by atoms with Crippen LogP contribution in [-0.2, 0) is 19.4 Å². The van der Waals surface area contributed by atoms with E-state index in [4.69, 9.17) is 5.73 Å². The van der Waals surface area contributed by atoms with E-state index in [0.29, 0.717) is 0 Å². The lowest BCUT2D eigenvalue weighted by Crippen LogP contribution is -2.05. The average Bonchev–Trinajstić information content (AvgIpc) is 2.87. The predicted octanol–water partition coefficient (Wildman–Crippen LogP) is 2.70. The molecule has 2 heterocycles. The van der Waals surface area contributed by atoms with E-state index in [1.54, 1.807) is 11.3 Å². The first-order chi connectivity index (χ1) is 7.76. The van der Waals surface area contributed by atoms with Crippen LogP contribution in [0.4, 0.5) is 5.69 Å². The number of nitrogen functional groups attached to an aromatic ring is 1. The van der Waals surface area contributed by atoms with Crippen molar-refractivity contribution in [2.24, 2.45) is 0 Å². The quantitative estimate of drug-likeness (QED) is 0.885. The van der Waals surface area contributed by atoms with Gasteiger partial charge in [-0.1, -0.05) is 19.9 Å². The Morgan fingerprint density at radius 3 is 2.75 bits per heavy atom. The second kappa shape index (κ2) is 4.70. The Morgan fingerprint density at radius 2 is 2.19 bits per heavy atom. The number of anilines is 1. The van der Waals surface area contributed by atoms with E-state index in [1.165, 1.54) is 4.88 Å². The van der Waals surface area contributed by atoms with Crippen molar-refractivity contribution in [3.63, 3.8) is 0 Å². The zero-order valence-corrected chi connectivity index (χ0v) is 10.5. The number of hydrogen-bond acceptors (Lipinski definition) is 3. The van der Waals surface area contributed by atoms with Crippen molar-refractivity contribution >= 4 is 17.0 Å². The van der Waals surface area contributed by atoms with Crippen molar-refractivity contribution in [1.29, 1.82) is 0 Å². The van der Waals surface area contributed by atoms with Crippen LogP contribution in [0.3, 0.4) is 0 Å². The Kier molecular flexibility index (Phi) is 3.29. The molecule has 0 aliphatic rings. The van der Waals surface area contributed by atoms with Gasteiger partial charge in [0.05, 0.1) is 23.6 Å². The van der Waals surface area contributed by atoms with Crippen molar-refractivity contribution < 1.29 is 0 Å². The van der Waals surface area contributed by atoms with Gasteiger partial charge in [-0.15, -0.1) is 11.3 Å². The molecule has 0 unspecified atom stereocenters. The van der Waals surface area contributed by atoms with Crippen molar-refractivity contribution in [2.75, 3.05) is 5.73 Å². The molecular weight excluding hydrogens is 218 g/mol. The zero-order chi connectivity index (χ0) is 11.5. The summed E-state index contributed by atoms with van der Waals surface area (Å²) in [6, 6.07) is 4.20. The van der Waals surface area contributed by atoms with Gasteiger partial charge in [0.2, 0.25) is 0 Å².